The number of pyridine rings is 1. The van der Waals surface area contributed by atoms with Crippen LogP contribution in [0.5, 0.6) is 11.6 Å². The average Bonchev–Trinajstić information content (AvgIpc) is 2.57. The highest BCUT2D eigenvalue weighted by molar-refractivity contribution is 6.01. The van der Waals surface area contributed by atoms with Crippen LogP contribution in [0.2, 0.25) is 0 Å². The molecule has 0 saturated carbocycles. The smallest absolute Gasteiger partial charge is 0.270 e. The van der Waals surface area contributed by atoms with E-state index in [9.17, 15) is 19.8 Å². The predicted octanol–water partition coefficient (Wildman–Crippen LogP) is 2.70. The monoisotopic (exact) mass is 371 g/mol. The van der Waals surface area contributed by atoms with E-state index in [0.717, 1.165) is 21.3 Å². The first-order chi connectivity index (χ1) is 12.7. The van der Waals surface area contributed by atoms with Crippen LogP contribution in [0.25, 0.3) is 0 Å². The Kier molecular flexibility index (Phi) is 6.05. The van der Waals surface area contributed by atoms with Gasteiger partial charge < -0.3 is 15.5 Å². The Morgan fingerprint density at radius 2 is 1.78 bits per heavy atom. The second-order valence-electron chi connectivity index (χ2n) is 6.38. The van der Waals surface area contributed by atoms with Crippen LogP contribution in [0.15, 0.2) is 21.9 Å². The summed E-state index contributed by atoms with van der Waals surface area (Å²) >= 11 is 0. The van der Waals surface area contributed by atoms with E-state index in [1.165, 1.54) is 6.21 Å². The molecule has 1 aromatic heterocycles. The van der Waals surface area contributed by atoms with Gasteiger partial charge in [0.2, 0.25) is 5.88 Å². The topological polar surface area (TPSA) is 104 Å². The summed E-state index contributed by atoms with van der Waals surface area (Å²) in [6, 6.07) is 3.96. The molecule has 0 aliphatic rings. The molecular formula is C20H25N3O4. The summed E-state index contributed by atoms with van der Waals surface area (Å²) in [6.07, 6.45) is 1.28. The van der Waals surface area contributed by atoms with Crippen LogP contribution in [0, 0.1) is 20.8 Å². The van der Waals surface area contributed by atoms with E-state index in [4.69, 9.17) is 0 Å². The molecule has 0 unspecified atom stereocenters. The number of carbonyl (C=O) groups is 1. The lowest BCUT2D eigenvalue weighted by atomic mass is 10.1. The Hall–Kier alpha value is -3.09. The summed E-state index contributed by atoms with van der Waals surface area (Å²) in [5.74, 6) is -1.71. The fourth-order valence-corrected chi connectivity index (χ4v) is 3.09. The summed E-state index contributed by atoms with van der Waals surface area (Å²) in [6.45, 7) is 9.63. The fourth-order valence-electron chi connectivity index (χ4n) is 3.09. The number of benzene rings is 1. The summed E-state index contributed by atoms with van der Waals surface area (Å²) in [7, 11) is 0. The highest BCUT2D eigenvalue weighted by Crippen LogP contribution is 2.29. The van der Waals surface area contributed by atoms with Gasteiger partial charge in [-0.25, -0.2) is 0 Å². The quantitative estimate of drug-likeness (QED) is 0.703. The van der Waals surface area contributed by atoms with Gasteiger partial charge in [0, 0.05) is 19.3 Å². The third-order valence-electron chi connectivity index (χ3n) is 4.29. The van der Waals surface area contributed by atoms with Crippen molar-refractivity contribution in [2.24, 2.45) is 4.99 Å². The molecule has 2 rings (SSSR count). The molecule has 144 valence electrons. The van der Waals surface area contributed by atoms with Crippen molar-refractivity contribution in [1.82, 2.24) is 9.88 Å². The molecule has 0 spiro atoms. The SMILES string of the molecule is CCNC(=O)c1c(O)c(C=Nc2c(C)cc(C)cc2C)c(O)n(CC)c1=O. The van der Waals surface area contributed by atoms with Crippen molar-refractivity contribution in [3.63, 3.8) is 0 Å². The molecule has 0 aliphatic carbocycles. The van der Waals surface area contributed by atoms with Gasteiger partial charge >= 0.3 is 0 Å². The minimum atomic E-state index is -0.752. The molecule has 0 atom stereocenters. The zero-order valence-corrected chi connectivity index (χ0v) is 16.3. The number of nitrogens with one attached hydrogen (secondary N) is 1. The summed E-state index contributed by atoms with van der Waals surface area (Å²) in [5, 5.41) is 23.4. The lowest BCUT2D eigenvalue weighted by Gasteiger charge is -2.14. The molecule has 27 heavy (non-hydrogen) atoms. The van der Waals surface area contributed by atoms with E-state index in [1.54, 1.807) is 13.8 Å². The molecule has 7 heteroatoms. The number of aromatic hydroxyl groups is 2. The number of nitrogens with zero attached hydrogens (tertiary/aromatic N) is 2. The first kappa shape index (κ1) is 20.2. The molecule has 0 fully saturated rings. The summed E-state index contributed by atoms with van der Waals surface area (Å²) in [4.78, 5) is 29.1. The van der Waals surface area contributed by atoms with Crippen molar-refractivity contribution in [2.45, 2.75) is 41.2 Å². The third-order valence-corrected chi connectivity index (χ3v) is 4.29. The van der Waals surface area contributed by atoms with Crippen LogP contribution in [0.4, 0.5) is 5.69 Å². The molecule has 0 radical (unpaired) electrons. The summed E-state index contributed by atoms with van der Waals surface area (Å²) in [5.41, 5.74) is 2.46. The second-order valence-corrected chi connectivity index (χ2v) is 6.38. The molecule has 0 saturated heterocycles. The minimum absolute atomic E-state index is 0.0721. The van der Waals surface area contributed by atoms with Crippen molar-refractivity contribution < 1.29 is 15.0 Å². The highest BCUT2D eigenvalue weighted by atomic mass is 16.3. The van der Waals surface area contributed by atoms with Crippen LogP contribution in [0.1, 0.15) is 46.5 Å². The maximum atomic E-state index is 12.5. The Balaban J connectivity index is 2.69. The molecule has 7 nitrogen and oxygen atoms in total. The lowest BCUT2D eigenvalue weighted by Crippen LogP contribution is -2.33. The first-order valence-corrected chi connectivity index (χ1v) is 8.81. The molecule has 0 aliphatic heterocycles. The largest absolute Gasteiger partial charge is 0.506 e. The number of hydrogen-bond acceptors (Lipinski definition) is 5. The zero-order chi connectivity index (χ0) is 20.3. The molecule has 2 aromatic rings. The Labute approximate surface area is 158 Å². The number of aryl methyl sites for hydroxylation is 3. The highest BCUT2D eigenvalue weighted by Gasteiger charge is 2.24. The molecule has 1 heterocycles. The number of hydrogen-bond donors (Lipinski definition) is 3. The zero-order valence-electron chi connectivity index (χ0n) is 16.3. The van der Waals surface area contributed by atoms with Crippen molar-refractivity contribution in [2.75, 3.05) is 6.54 Å². The molecule has 1 amide bonds. The summed E-state index contributed by atoms with van der Waals surface area (Å²) < 4.78 is 1.03. The maximum Gasteiger partial charge on any atom is 0.270 e. The van der Waals surface area contributed by atoms with Crippen LogP contribution in [-0.2, 0) is 6.54 Å². The Morgan fingerprint density at radius 3 is 2.30 bits per heavy atom. The maximum absolute atomic E-state index is 12.5. The number of aliphatic imine (C=N–C) groups is 1. The average molecular weight is 371 g/mol. The number of rotatable bonds is 5. The van der Waals surface area contributed by atoms with E-state index < -0.39 is 28.7 Å². The molecular weight excluding hydrogens is 346 g/mol. The van der Waals surface area contributed by atoms with Gasteiger partial charge in [-0.05, 0) is 45.7 Å². The van der Waals surface area contributed by atoms with Gasteiger partial charge in [-0.1, -0.05) is 17.7 Å². The van der Waals surface area contributed by atoms with E-state index in [2.05, 4.69) is 10.3 Å². The van der Waals surface area contributed by atoms with Gasteiger partial charge in [-0.2, -0.15) is 0 Å². The third kappa shape index (κ3) is 3.86. The van der Waals surface area contributed by atoms with Crippen molar-refractivity contribution in [1.29, 1.82) is 0 Å². The van der Waals surface area contributed by atoms with Crippen molar-refractivity contribution >= 4 is 17.8 Å². The normalized spacial score (nSPS) is 11.1. The first-order valence-electron chi connectivity index (χ1n) is 8.81. The van der Waals surface area contributed by atoms with E-state index >= 15 is 0 Å². The molecule has 1 aromatic carbocycles. The molecule has 3 N–H and O–H groups in total. The predicted molar refractivity (Wildman–Crippen MR) is 106 cm³/mol. The standard InChI is InChI=1S/C20H25N3O4/c1-6-21-18(25)15-17(24)14(19(26)23(7-2)20(15)27)10-22-16-12(4)8-11(3)9-13(16)5/h8-10,24,26H,6-7H2,1-5H3,(H,21,25). The van der Waals surface area contributed by atoms with Gasteiger partial charge in [0.1, 0.15) is 11.3 Å². The van der Waals surface area contributed by atoms with E-state index in [-0.39, 0.29) is 12.1 Å². The van der Waals surface area contributed by atoms with Gasteiger partial charge in [-0.15, -0.1) is 0 Å². The van der Waals surface area contributed by atoms with Crippen molar-refractivity contribution in [3.8, 4) is 11.6 Å². The van der Waals surface area contributed by atoms with Gasteiger partial charge in [-0.3, -0.25) is 19.1 Å². The van der Waals surface area contributed by atoms with Gasteiger partial charge in [0.25, 0.3) is 11.5 Å². The second kappa shape index (κ2) is 8.07. The molecule has 0 bridgehead atoms. The van der Waals surface area contributed by atoms with Crippen molar-refractivity contribution in [3.05, 3.63) is 50.3 Å². The van der Waals surface area contributed by atoms with Crippen LogP contribution >= 0.6 is 0 Å². The minimum Gasteiger partial charge on any atom is -0.506 e. The van der Waals surface area contributed by atoms with E-state index in [0.29, 0.717) is 12.2 Å². The Bertz CT molecular complexity index is 951. The van der Waals surface area contributed by atoms with Crippen LogP contribution in [0.3, 0.4) is 0 Å². The van der Waals surface area contributed by atoms with Crippen LogP contribution in [-0.4, -0.2) is 33.4 Å². The Morgan fingerprint density at radius 1 is 1.19 bits per heavy atom. The van der Waals surface area contributed by atoms with Crippen LogP contribution < -0.4 is 10.9 Å². The number of carbonyl (C=O) groups excluding carboxylic acids is 1. The number of aromatic nitrogens is 1. The fraction of sp³-hybridized carbons (Fsp3) is 0.350. The number of amides is 1. The van der Waals surface area contributed by atoms with Gasteiger partial charge in [0.05, 0.1) is 11.3 Å². The lowest BCUT2D eigenvalue weighted by molar-refractivity contribution is 0.0950. The van der Waals surface area contributed by atoms with E-state index in [1.807, 2.05) is 32.9 Å². The van der Waals surface area contributed by atoms with Gasteiger partial charge in [0.15, 0.2) is 0 Å².